The molecule has 19 heavy (non-hydrogen) atoms. The molecule has 0 heterocycles. The summed E-state index contributed by atoms with van der Waals surface area (Å²) in [7, 11) is 0. The van der Waals surface area contributed by atoms with Crippen LogP contribution in [-0.2, 0) is 6.54 Å². The number of halogens is 2. The zero-order chi connectivity index (χ0) is 13.8. The number of hydrogen-bond donors (Lipinski definition) is 1. The Morgan fingerprint density at radius 2 is 1.89 bits per heavy atom. The molecule has 0 radical (unpaired) electrons. The van der Waals surface area contributed by atoms with Crippen molar-refractivity contribution in [3.05, 3.63) is 67.5 Å². The SMILES string of the molecule is O=[N+]([O-])c1ccc(CNc2ccc(I)cc2)cc1F. The molecular weight excluding hydrogens is 362 g/mol. The molecule has 98 valence electrons. The fourth-order valence-corrected chi connectivity index (χ4v) is 1.94. The highest BCUT2D eigenvalue weighted by atomic mass is 127. The van der Waals surface area contributed by atoms with Crippen LogP contribution in [0.4, 0.5) is 15.8 Å². The zero-order valence-electron chi connectivity index (χ0n) is 9.77. The molecule has 2 aromatic carbocycles. The first kappa shape index (κ1) is 13.7. The molecule has 0 fully saturated rings. The number of rotatable bonds is 4. The van der Waals surface area contributed by atoms with Crippen LogP contribution in [0.15, 0.2) is 42.5 Å². The van der Waals surface area contributed by atoms with E-state index in [2.05, 4.69) is 27.9 Å². The maximum atomic E-state index is 13.4. The predicted molar refractivity (Wildman–Crippen MR) is 79.5 cm³/mol. The summed E-state index contributed by atoms with van der Waals surface area (Å²) >= 11 is 2.21. The monoisotopic (exact) mass is 372 g/mol. The summed E-state index contributed by atoms with van der Waals surface area (Å²) in [5.74, 6) is -0.813. The van der Waals surface area contributed by atoms with Crippen LogP contribution in [0.2, 0.25) is 0 Å². The third kappa shape index (κ3) is 3.63. The number of benzene rings is 2. The highest BCUT2D eigenvalue weighted by molar-refractivity contribution is 14.1. The van der Waals surface area contributed by atoms with Gasteiger partial charge in [0.15, 0.2) is 0 Å². The van der Waals surface area contributed by atoms with Crippen LogP contribution in [0.5, 0.6) is 0 Å². The minimum atomic E-state index is -0.813. The van der Waals surface area contributed by atoms with Crippen LogP contribution in [0.1, 0.15) is 5.56 Å². The van der Waals surface area contributed by atoms with Crippen LogP contribution < -0.4 is 5.32 Å². The molecule has 0 spiro atoms. The standard InChI is InChI=1S/C13H10FIN2O2/c14-12-7-9(1-6-13(12)17(18)19)8-16-11-4-2-10(15)3-5-11/h1-7,16H,8H2. The van der Waals surface area contributed by atoms with Crippen molar-refractivity contribution in [2.24, 2.45) is 0 Å². The average Bonchev–Trinajstić information content (AvgIpc) is 2.37. The lowest BCUT2D eigenvalue weighted by Crippen LogP contribution is -2.01. The summed E-state index contributed by atoms with van der Waals surface area (Å²) < 4.78 is 14.5. The van der Waals surface area contributed by atoms with E-state index >= 15 is 0 Å². The molecule has 6 heteroatoms. The van der Waals surface area contributed by atoms with E-state index in [1.165, 1.54) is 12.1 Å². The molecule has 0 saturated heterocycles. The van der Waals surface area contributed by atoms with E-state index in [9.17, 15) is 14.5 Å². The normalized spacial score (nSPS) is 10.2. The number of nitro benzene ring substituents is 1. The van der Waals surface area contributed by atoms with Gasteiger partial charge in [-0.05, 0) is 58.5 Å². The van der Waals surface area contributed by atoms with Crippen LogP contribution in [0, 0.1) is 19.5 Å². The molecule has 0 saturated carbocycles. The average molecular weight is 372 g/mol. The minimum absolute atomic E-state index is 0.412. The van der Waals surface area contributed by atoms with Crippen molar-refractivity contribution >= 4 is 34.0 Å². The van der Waals surface area contributed by atoms with Gasteiger partial charge in [0.05, 0.1) is 4.92 Å². The lowest BCUT2D eigenvalue weighted by Gasteiger charge is -2.06. The summed E-state index contributed by atoms with van der Waals surface area (Å²) in [6, 6.07) is 11.7. The number of nitrogens with one attached hydrogen (secondary N) is 1. The van der Waals surface area contributed by atoms with Crippen molar-refractivity contribution in [3.8, 4) is 0 Å². The van der Waals surface area contributed by atoms with Gasteiger partial charge >= 0.3 is 5.69 Å². The minimum Gasteiger partial charge on any atom is -0.381 e. The molecule has 0 atom stereocenters. The van der Waals surface area contributed by atoms with Crippen molar-refractivity contribution in [2.75, 3.05) is 5.32 Å². The van der Waals surface area contributed by atoms with Gasteiger partial charge in [-0.25, -0.2) is 0 Å². The summed E-state index contributed by atoms with van der Waals surface area (Å²) in [6.07, 6.45) is 0. The molecule has 1 N–H and O–H groups in total. The van der Waals surface area contributed by atoms with Crippen LogP contribution >= 0.6 is 22.6 Å². The number of nitrogens with zero attached hydrogens (tertiary/aromatic N) is 1. The van der Waals surface area contributed by atoms with Crippen LogP contribution in [0.3, 0.4) is 0 Å². The van der Waals surface area contributed by atoms with Crippen molar-refractivity contribution in [1.82, 2.24) is 0 Å². The van der Waals surface area contributed by atoms with E-state index in [0.717, 1.165) is 9.26 Å². The molecule has 2 aromatic rings. The first-order valence-corrected chi connectivity index (χ1v) is 6.56. The Balaban J connectivity index is 2.06. The predicted octanol–water partition coefficient (Wildman–Crippen LogP) is 3.95. The highest BCUT2D eigenvalue weighted by Gasteiger charge is 2.13. The third-order valence-corrected chi connectivity index (χ3v) is 3.27. The molecule has 0 aliphatic carbocycles. The van der Waals surface area contributed by atoms with Gasteiger partial charge in [0, 0.05) is 21.9 Å². The first-order valence-electron chi connectivity index (χ1n) is 5.48. The quantitative estimate of drug-likeness (QED) is 0.502. The maximum Gasteiger partial charge on any atom is 0.304 e. The Bertz CT molecular complexity index is 602. The van der Waals surface area contributed by atoms with E-state index in [4.69, 9.17) is 0 Å². The molecule has 0 aliphatic heterocycles. The van der Waals surface area contributed by atoms with Gasteiger partial charge in [0.2, 0.25) is 5.82 Å². The molecule has 4 nitrogen and oxygen atoms in total. The summed E-state index contributed by atoms with van der Waals surface area (Å²) in [5, 5.41) is 13.6. The second-order valence-corrected chi connectivity index (χ2v) is 5.15. The first-order chi connectivity index (χ1) is 9.06. The Morgan fingerprint density at radius 3 is 2.47 bits per heavy atom. The van der Waals surface area contributed by atoms with Crippen LogP contribution in [-0.4, -0.2) is 4.92 Å². The number of hydrogen-bond acceptors (Lipinski definition) is 3. The van der Waals surface area contributed by atoms with Gasteiger partial charge in [-0.1, -0.05) is 6.07 Å². The second-order valence-electron chi connectivity index (χ2n) is 3.90. The Morgan fingerprint density at radius 1 is 1.21 bits per heavy atom. The molecule has 0 aliphatic rings. The third-order valence-electron chi connectivity index (χ3n) is 2.55. The van der Waals surface area contributed by atoms with E-state index in [0.29, 0.717) is 12.1 Å². The van der Waals surface area contributed by atoms with Gasteiger partial charge in [-0.2, -0.15) is 4.39 Å². The fourth-order valence-electron chi connectivity index (χ4n) is 1.58. The molecule has 2 rings (SSSR count). The van der Waals surface area contributed by atoms with Crippen molar-refractivity contribution in [2.45, 2.75) is 6.54 Å². The van der Waals surface area contributed by atoms with E-state index in [-0.39, 0.29) is 0 Å². The Labute approximate surface area is 122 Å². The molecule has 0 aromatic heterocycles. The van der Waals surface area contributed by atoms with E-state index < -0.39 is 16.4 Å². The summed E-state index contributed by atoms with van der Waals surface area (Å²) in [5.41, 5.74) is 1.07. The van der Waals surface area contributed by atoms with Crippen molar-refractivity contribution in [1.29, 1.82) is 0 Å². The fraction of sp³-hybridized carbons (Fsp3) is 0.0769. The molecular formula is C13H10FIN2O2. The summed E-state index contributed by atoms with van der Waals surface area (Å²) in [6.45, 7) is 0.412. The second kappa shape index (κ2) is 5.96. The molecule has 0 bridgehead atoms. The highest BCUT2D eigenvalue weighted by Crippen LogP contribution is 2.19. The largest absolute Gasteiger partial charge is 0.381 e. The van der Waals surface area contributed by atoms with Gasteiger partial charge in [0.25, 0.3) is 0 Å². The smallest absolute Gasteiger partial charge is 0.304 e. The van der Waals surface area contributed by atoms with Gasteiger partial charge in [0.1, 0.15) is 0 Å². The number of nitro groups is 1. The van der Waals surface area contributed by atoms with Crippen molar-refractivity contribution in [3.63, 3.8) is 0 Å². The van der Waals surface area contributed by atoms with Gasteiger partial charge in [-0.3, -0.25) is 10.1 Å². The zero-order valence-corrected chi connectivity index (χ0v) is 11.9. The Hall–Kier alpha value is -1.70. The maximum absolute atomic E-state index is 13.4. The molecule has 0 amide bonds. The number of anilines is 1. The van der Waals surface area contributed by atoms with E-state index in [1.54, 1.807) is 6.07 Å². The lowest BCUT2D eigenvalue weighted by atomic mass is 10.2. The lowest BCUT2D eigenvalue weighted by molar-refractivity contribution is -0.387. The van der Waals surface area contributed by atoms with E-state index in [1.807, 2.05) is 24.3 Å². The van der Waals surface area contributed by atoms with Gasteiger partial charge < -0.3 is 5.32 Å². The van der Waals surface area contributed by atoms with Crippen LogP contribution in [0.25, 0.3) is 0 Å². The van der Waals surface area contributed by atoms with Crippen molar-refractivity contribution < 1.29 is 9.31 Å². The summed E-state index contributed by atoms with van der Waals surface area (Å²) in [4.78, 5) is 9.76. The Kier molecular flexibility index (Phi) is 4.31. The topological polar surface area (TPSA) is 55.2 Å². The van der Waals surface area contributed by atoms with Gasteiger partial charge in [-0.15, -0.1) is 0 Å². The molecule has 0 unspecified atom stereocenters.